The van der Waals surface area contributed by atoms with Crippen LogP contribution in [0.25, 0.3) is 16.8 Å². The Kier molecular flexibility index (Phi) is 7.64. The number of benzene rings is 4. The second kappa shape index (κ2) is 11.4. The summed E-state index contributed by atoms with van der Waals surface area (Å²) in [6.07, 6.45) is 4.45. The van der Waals surface area contributed by atoms with E-state index in [2.05, 4.69) is 13.0 Å². The van der Waals surface area contributed by atoms with Gasteiger partial charge in [0.2, 0.25) is 0 Å². The van der Waals surface area contributed by atoms with Crippen molar-refractivity contribution in [2.24, 2.45) is 0 Å². The van der Waals surface area contributed by atoms with E-state index in [1.54, 1.807) is 13.2 Å². The Morgan fingerprint density at radius 1 is 0.895 bits per heavy atom. The first-order valence-electron chi connectivity index (χ1n) is 13.0. The van der Waals surface area contributed by atoms with Crippen molar-refractivity contribution in [1.29, 1.82) is 0 Å². The van der Waals surface area contributed by atoms with Gasteiger partial charge in [-0.15, -0.1) is 0 Å². The maximum Gasteiger partial charge on any atom is 0.153 e. The molecule has 0 unspecified atom stereocenters. The molecule has 5 rings (SSSR count). The minimum absolute atomic E-state index is 0.178. The summed E-state index contributed by atoms with van der Waals surface area (Å²) in [6.45, 7) is 4.79. The van der Waals surface area contributed by atoms with Crippen molar-refractivity contribution in [2.45, 2.75) is 46.0 Å². The highest BCUT2D eigenvalue weighted by atomic mass is 16.5. The van der Waals surface area contributed by atoms with Gasteiger partial charge in [0.05, 0.1) is 23.8 Å². The van der Waals surface area contributed by atoms with E-state index in [0.29, 0.717) is 36.0 Å². The summed E-state index contributed by atoms with van der Waals surface area (Å²) >= 11 is 0. The maximum absolute atomic E-state index is 12.3. The lowest BCUT2D eigenvalue weighted by Gasteiger charge is -2.30. The fraction of sp³-hybridized carbons (Fsp3) is 0.242. The molecule has 0 fully saturated rings. The third kappa shape index (κ3) is 5.10. The van der Waals surface area contributed by atoms with Gasteiger partial charge in [0.25, 0.3) is 0 Å². The van der Waals surface area contributed by atoms with Crippen LogP contribution in [0.4, 0.5) is 0 Å². The molecule has 194 valence electrons. The summed E-state index contributed by atoms with van der Waals surface area (Å²) in [6, 6.07) is 23.8. The Morgan fingerprint density at radius 2 is 1.53 bits per heavy atom. The molecule has 0 N–H and O–H groups in total. The predicted octanol–water partition coefficient (Wildman–Crippen LogP) is 8.05. The molecular formula is C33H32O5. The zero-order valence-electron chi connectivity index (χ0n) is 22.0. The third-order valence-corrected chi connectivity index (χ3v) is 6.75. The van der Waals surface area contributed by atoms with Crippen LogP contribution < -0.4 is 14.2 Å². The number of fused-ring (bicyclic) bond motifs is 2. The molecule has 0 aromatic heterocycles. The van der Waals surface area contributed by atoms with Gasteiger partial charge in [0.15, 0.2) is 6.29 Å². The first-order chi connectivity index (χ1) is 18.6. The molecule has 38 heavy (non-hydrogen) atoms. The monoisotopic (exact) mass is 508 g/mol. The molecule has 1 aliphatic rings. The van der Waals surface area contributed by atoms with E-state index in [9.17, 15) is 4.79 Å². The average molecular weight is 509 g/mol. The second-order valence-electron chi connectivity index (χ2n) is 9.44. The summed E-state index contributed by atoms with van der Waals surface area (Å²) in [5, 5.41) is 1.54. The average Bonchev–Trinajstić information content (AvgIpc) is 2.95. The van der Waals surface area contributed by atoms with Crippen molar-refractivity contribution in [1.82, 2.24) is 0 Å². The topological polar surface area (TPSA) is 54.0 Å². The minimum atomic E-state index is -0.178. The van der Waals surface area contributed by atoms with Gasteiger partial charge in [0, 0.05) is 10.9 Å². The van der Waals surface area contributed by atoms with Crippen LogP contribution in [0.15, 0.2) is 78.6 Å². The molecule has 1 atom stereocenters. The van der Waals surface area contributed by atoms with Crippen LogP contribution in [-0.2, 0) is 18.0 Å². The number of aldehydes is 1. The number of carbonyl (C=O) groups excluding carboxylic acids is 1. The predicted molar refractivity (Wildman–Crippen MR) is 150 cm³/mol. The van der Waals surface area contributed by atoms with Crippen molar-refractivity contribution in [2.75, 3.05) is 7.11 Å². The van der Waals surface area contributed by atoms with E-state index in [1.165, 1.54) is 0 Å². The molecule has 0 amide bonds. The first-order valence-corrected chi connectivity index (χ1v) is 13.0. The van der Waals surface area contributed by atoms with Gasteiger partial charge in [-0.2, -0.15) is 0 Å². The summed E-state index contributed by atoms with van der Waals surface area (Å²) in [5.41, 5.74) is 4.44. The van der Waals surface area contributed by atoms with Gasteiger partial charge < -0.3 is 18.9 Å². The van der Waals surface area contributed by atoms with Crippen LogP contribution >= 0.6 is 0 Å². The highest BCUT2D eigenvalue weighted by molar-refractivity contribution is 6.05. The third-order valence-electron chi connectivity index (χ3n) is 6.75. The molecule has 5 heteroatoms. The number of rotatable bonds is 10. The number of carbonyl (C=O) groups is 1. The van der Waals surface area contributed by atoms with Gasteiger partial charge in [-0.1, -0.05) is 74.0 Å². The first kappa shape index (κ1) is 25.4. The van der Waals surface area contributed by atoms with Gasteiger partial charge in [-0.3, -0.25) is 4.79 Å². The van der Waals surface area contributed by atoms with E-state index in [-0.39, 0.29) is 6.10 Å². The molecule has 0 saturated carbocycles. The Labute approximate surface area is 223 Å². The quantitative estimate of drug-likeness (QED) is 0.203. The minimum Gasteiger partial charge on any atom is -0.496 e. The molecule has 1 aliphatic heterocycles. The highest BCUT2D eigenvalue weighted by Crippen LogP contribution is 2.50. The van der Waals surface area contributed by atoms with Crippen LogP contribution in [0.5, 0.6) is 17.2 Å². The zero-order valence-corrected chi connectivity index (χ0v) is 22.0. The molecule has 0 aliphatic carbocycles. The number of hydrogen-bond donors (Lipinski definition) is 0. The molecule has 0 spiro atoms. The molecule has 4 aromatic rings. The summed E-state index contributed by atoms with van der Waals surface area (Å²) in [4.78, 5) is 12.3. The summed E-state index contributed by atoms with van der Waals surface area (Å²) < 4.78 is 25.1. The van der Waals surface area contributed by atoms with Crippen LogP contribution in [0, 0.1) is 0 Å². The summed E-state index contributed by atoms with van der Waals surface area (Å²) in [7, 11) is 1.61. The molecule has 0 radical (unpaired) electrons. The van der Waals surface area contributed by atoms with E-state index in [1.807, 2.05) is 73.7 Å². The lowest BCUT2D eigenvalue weighted by atomic mass is 9.90. The maximum atomic E-state index is 12.3. The smallest absolute Gasteiger partial charge is 0.153 e. The Balaban J connectivity index is 1.76. The van der Waals surface area contributed by atoms with E-state index in [4.69, 9.17) is 18.9 Å². The van der Waals surface area contributed by atoms with E-state index >= 15 is 0 Å². The van der Waals surface area contributed by atoms with Crippen LogP contribution in [0.1, 0.15) is 65.4 Å². The van der Waals surface area contributed by atoms with E-state index < -0.39 is 0 Å². The van der Waals surface area contributed by atoms with Crippen molar-refractivity contribution in [3.8, 4) is 17.2 Å². The molecule has 0 saturated heterocycles. The SMILES string of the molecule is CCC[C@H]1OC(C)=Cc2cc3c(OC)cc(C=O)c(OCc4ccccc4)c3c(OCc3ccccc3)c21. The van der Waals surface area contributed by atoms with Crippen molar-refractivity contribution >= 4 is 23.1 Å². The van der Waals surface area contributed by atoms with Gasteiger partial charge in [0.1, 0.15) is 36.6 Å². The lowest BCUT2D eigenvalue weighted by molar-refractivity contribution is 0.104. The Morgan fingerprint density at radius 3 is 2.11 bits per heavy atom. The number of allylic oxidation sites excluding steroid dienone is 1. The van der Waals surface area contributed by atoms with Crippen molar-refractivity contribution < 1.29 is 23.7 Å². The molecule has 0 bridgehead atoms. The normalized spacial score (nSPS) is 14.3. The number of hydrogen-bond acceptors (Lipinski definition) is 5. The fourth-order valence-corrected chi connectivity index (χ4v) is 5.02. The zero-order chi connectivity index (χ0) is 26.5. The molecule has 1 heterocycles. The van der Waals surface area contributed by atoms with Crippen molar-refractivity contribution in [3.63, 3.8) is 0 Å². The van der Waals surface area contributed by atoms with Gasteiger partial charge >= 0.3 is 0 Å². The molecule has 4 aromatic carbocycles. The number of methoxy groups -OCH3 is 1. The van der Waals surface area contributed by atoms with Crippen LogP contribution in [0.2, 0.25) is 0 Å². The van der Waals surface area contributed by atoms with E-state index in [0.717, 1.165) is 57.9 Å². The largest absolute Gasteiger partial charge is 0.496 e. The summed E-state index contributed by atoms with van der Waals surface area (Å²) in [5.74, 6) is 2.58. The highest BCUT2D eigenvalue weighted by Gasteiger charge is 2.30. The Bertz CT molecular complexity index is 1460. The lowest BCUT2D eigenvalue weighted by Crippen LogP contribution is -2.13. The molecule has 5 nitrogen and oxygen atoms in total. The standard InChI is InChI=1S/C33H32O5/c1-4-11-28-30-25(16-22(2)38-28)17-27-29(35-3)18-26(19-34)32(36-20-23-12-7-5-8-13-23)31(27)33(30)37-21-24-14-9-6-10-15-24/h5-10,12-19,28H,4,11,20-21H2,1-3H3/t28-/m1/s1. The second-order valence-corrected chi connectivity index (χ2v) is 9.44. The Hall–Kier alpha value is -4.25. The van der Waals surface area contributed by atoms with Gasteiger partial charge in [-0.05, 0) is 48.2 Å². The van der Waals surface area contributed by atoms with Crippen LogP contribution in [-0.4, -0.2) is 13.4 Å². The van der Waals surface area contributed by atoms with Gasteiger partial charge in [-0.25, -0.2) is 0 Å². The number of ether oxygens (including phenoxy) is 4. The molecular weight excluding hydrogens is 476 g/mol. The fourth-order valence-electron chi connectivity index (χ4n) is 5.02. The van der Waals surface area contributed by atoms with Crippen molar-refractivity contribution in [3.05, 3.63) is 106 Å². The van der Waals surface area contributed by atoms with Crippen LogP contribution in [0.3, 0.4) is 0 Å².